The van der Waals surface area contributed by atoms with Crippen molar-refractivity contribution in [3.8, 4) is 12.3 Å². The third-order valence-corrected chi connectivity index (χ3v) is 3.34. The Morgan fingerprint density at radius 2 is 2.33 bits per heavy atom. The van der Waals surface area contributed by atoms with E-state index in [0.717, 1.165) is 12.3 Å². The van der Waals surface area contributed by atoms with Gasteiger partial charge in [-0.2, -0.15) is 5.10 Å². The van der Waals surface area contributed by atoms with Gasteiger partial charge in [-0.15, -0.1) is 12.3 Å². The number of aromatic nitrogens is 2. The van der Waals surface area contributed by atoms with Crippen LogP contribution in [0, 0.1) is 25.2 Å². The molecule has 0 unspecified atom stereocenters. The molecule has 1 saturated carbocycles. The lowest BCUT2D eigenvalue weighted by Gasteiger charge is -2.21. The smallest absolute Gasteiger partial charge is 0.0656 e. The summed E-state index contributed by atoms with van der Waals surface area (Å²) in [7, 11) is 0. The summed E-state index contributed by atoms with van der Waals surface area (Å²) < 4.78 is 2.07. The molecule has 1 aromatic rings. The maximum Gasteiger partial charge on any atom is 0.0656 e. The minimum Gasteiger partial charge on any atom is -0.268 e. The Morgan fingerprint density at radius 1 is 1.60 bits per heavy atom. The van der Waals surface area contributed by atoms with Crippen molar-refractivity contribution in [2.45, 2.75) is 45.1 Å². The maximum atomic E-state index is 5.45. The van der Waals surface area contributed by atoms with Gasteiger partial charge in [0, 0.05) is 12.6 Å². The lowest BCUT2D eigenvalue weighted by atomic mass is 9.96. The van der Waals surface area contributed by atoms with Crippen LogP contribution in [0.5, 0.6) is 0 Å². The fourth-order valence-electron chi connectivity index (χ4n) is 2.55. The van der Waals surface area contributed by atoms with Gasteiger partial charge in [-0.1, -0.05) is 12.8 Å². The lowest BCUT2D eigenvalue weighted by Crippen LogP contribution is -2.17. The first-order chi connectivity index (χ1) is 7.31. The molecule has 80 valence electrons. The highest BCUT2D eigenvalue weighted by molar-refractivity contribution is 5.02. The second kappa shape index (κ2) is 4.53. The molecule has 15 heavy (non-hydrogen) atoms. The van der Waals surface area contributed by atoms with Gasteiger partial charge in [-0.05, 0) is 31.2 Å². The number of rotatable bonds is 3. The third-order valence-electron chi connectivity index (χ3n) is 3.34. The summed E-state index contributed by atoms with van der Waals surface area (Å²) in [5, 5.41) is 4.40. The summed E-state index contributed by atoms with van der Waals surface area (Å²) in [6.45, 7) is 2.07. The Balaban J connectivity index is 2.15. The average Bonchev–Trinajstić information content (AvgIpc) is 2.85. The standard InChI is InChI=1S/C13H18N2/c1-3-6-13(12-7-4-5-8-12)15-10-11(2)9-14-15/h1,9-10,12-13H,4-8H2,2H3/t13-/m1/s1. The third kappa shape index (κ3) is 2.23. The van der Waals surface area contributed by atoms with Gasteiger partial charge in [0.1, 0.15) is 0 Å². The van der Waals surface area contributed by atoms with Crippen LogP contribution in [0.4, 0.5) is 0 Å². The molecule has 0 aliphatic heterocycles. The monoisotopic (exact) mass is 202 g/mol. The zero-order valence-electron chi connectivity index (χ0n) is 9.32. The van der Waals surface area contributed by atoms with Gasteiger partial charge in [0.2, 0.25) is 0 Å². The Morgan fingerprint density at radius 3 is 2.87 bits per heavy atom. The average molecular weight is 202 g/mol. The van der Waals surface area contributed by atoms with E-state index in [1.165, 1.54) is 31.2 Å². The van der Waals surface area contributed by atoms with Crippen molar-refractivity contribution < 1.29 is 0 Å². The van der Waals surface area contributed by atoms with Gasteiger partial charge in [-0.3, -0.25) is 4.68 Å². The Kier molecular flexibility index (Phi) is 3.11. The molecular weight excluding hydrogens is 184 g/mol. The summed E-state index contributed by atoms with van der Waals surface area (Å²) in [4.78, 5) is 0. The molecule has 0 aromatic carbocycles. The molecular formula is C13H18N2. The van der Waals surface area contributed by atoms with E-state index in [2.05, 4.69) is 28.8 Å². The molecule has 0 spiro atoms. The first kappa shape index (κ1) is 10.3. The van der Waals surface area contributed by atoms with Crippen molar-refractivity contribution in [2.75, 3.05) is 0 Å². The highest BCUT2D eigenvalue weighted by atomic mass is 15.3. The lowest BCUT2D eigenvalue weighted by molar-refractivity contribution is 0.315. The Hall–Kier alpha value is -1.23. The minimum atomic E-state index is 0.422. The van der Waals surface area contributed by atoms with E-state index in [1.54, 1.807) is 0 Å². The van der Waals surface area contributed by atoms with Crippen LogP contribution < -0.4 is 0 Å². The minimum absolute atomic E-state index is 0.422. The number of aryl methyl sites for hydroxylation is 1. The van der Waals surface area contributed by atoms with E-state index in [4.69, 9.17) is 6.42 Å². The van der Waals surface area contributed by atoms with E-state index >= 15 is 0 Å². The number of hydrogen-bond donors (Lipinski definition) is 0. The molecule has 1 aliphatic rings. The fourth-order valence-corrected chi connectivity index (χ4v) is 2.55. The highest BCUT2D eigenvalue weighted by Crippen LogP contribution is 2.35. The van der Waals surface area contributed by atoms with Gasteiger partial charge in [0.05, 0.1) is 12.2 Å². The Labute approximate surface area is 91.7 Å². The van der Waals surface area contributed by atoms with Crippen LogP contribution in [-0.4, -0.2) is 9.78 Å². The zero-order valence-corrected chi connectivity index (χ0v) is 9.32. The molecule has 2 nitrogen and oxygen atoms in total. The molecule has 1 aliphatic carbocycles. The summed E-state index contributed by atoms with van der Waals surface area (Å²) in [6, 6.07) is 0.422. The van der Waals surface area contributed by atoms with Crippen molar-refractivity contribution in [1.29, 1.82) is 0 Å². The summed E-state index contributed by atoms with van der Waals surface area (Å²) in [6.07, 6.45) is 15.6. The molecule has 1 atom stereocenters. The molecule has 0 radical (unpaired) electrons. The highest BCUT2D eigenvalue weighted by Gasteiger charge is 2.26. The molecule has 0 amide bonds. The fraction of sp³-hybridized carbons (Fsp3) is 0.615. The van der Waals surface area contributed by atoms with E-state index in [1.807, 2.05) is 6.20 Å². The summed E-state index contributed by atoms with van der Waals surface area (Å²) >= 11 is 0. The molecule has 1 aromatic heterocycles. The number of terminal acetylenes is 1. The molecule has 2 rings (SSSR count). The van der Waals surface area contributed by atoms with Crippen molar-refractivity contribution in [3.05, 3.63) is 18.0 Å². The van der Waals surface area contributed by atoms with Gasteiger partial charge in [0.25, 0.3) is 0 Å². The molecule has 0 bridgehead atoms. The second-order valence-corrected chi connectivity index (χ2v) is 4.52. The maximum absolute atomic E-state index is 5.45. The van der Waals surface area contributed by atoms with Crippen LogP contribution in [0.2, 0.25) is 0 Å². The van der Waals surface area contributed by atoms with Crippen LogP contribution in [0.25, 0.3) is 0 Å². The normalized spacial score (nSPS) is 18.9. The van der Waals surface area contributed by atoms with Crippen LogP contribution in [0.1, 0.15) is 43.7 Å². The number of nitrogens with zero attached hydrogens (tertiary/aromatic N) is 2. The molecule has 1 heterocycles. The van der Waals surface area contributed by atoms with Crippen LogP contribution in [0.3, 0.4) is 0 Å². The van der Waals surface area contributed by atoms with E-state index < -0.39 is 0 Å². The molecule has 1 fully saturated rings. The molecule has 0 N–H and O–H groups in total. The quantitative estimate of drug-likeness (QED) is 0.689. The van der Waals surface area contributed by atoms with Gasteiger partial charge in [-0.25, -0.2) is 0 Å². The predicted octanol–water partition coefficient (Wildman–Crippen LogP) is 2.95. The predicted molar refractivity (Wildman–Crippen MR) is 61.4 cm³/mol. The van der Waals surface area contributed by atoms with E-state index in [0.29, 0.717) is 6.04 Å². The van der Waals surface area contributed by atoms with E-state index in [9.17, 15) is 0 Å². The summed E-state index contributed by atoms with van der Waals surface area (Å²) in [5.41, 5.74) is 1.22. The first-order valence-electron chi connectivity index (χ1n) is 5.75. The van der Waals surface area contributed by atoms with Crippen molar-refractivity contribution in [1.82, 2.24) is 9.78 Å². The van der Waals surface area contributed by atoms with Crippen LogP contribution >= 0.6 is 0 Å². The Bertz CT molecular complexity index is 353. The van der Waals surface area contributed by atoms with Crippen molar-refractivity contribution in [3.63, 3.8) is 0 Å². The van der Waals surface area contributed by atoms with Crippen molar-refractivity contribution in [2.24, 2.45) is 5.92 Å². The number of hydrogen-bond acceptors (Lipinski definition) is 1. The van der Waals surface area contributed by atoms with E-state index in [-0.39, 0.29) is 0 Å². The second-order valence-electron chi connectivity index (χ2n) is 4.52. The molecule has 0 saturated heterocycles. The SMILES string of the molecule is C#CC[C@H](C1CCCC1)n1cc(C)cn1. The topological polar surface area (TPSA) is 17.8 Å². The van der Waals surface area contributed by atoms with Gasteiger partial charge in [0.15, 0.2) is 0 Å². The first-order valence-corrected chi connectivity index (χ1v) is 5.75. The van der Waals surface area contributed by atoms with Gasteiger partial charge < -0.3 is 0 Å². The van der Waals surface area contributed by atoms with Crippen LogP contribution in [-0.2, 0) is 0 Å². The van der Waals surface area contributed by atoms with Crippen molar-refractivity contribution >= 4 is 0 Å². The van der Waals surface area contributed by atoms with Crippen LogP contribution in [0.15, 0.2) is 12.4 Å². The van der Waals surface area contributed by atoms with Gasteiger partial charge >= 0.3 is 0 Å². The largest absolute Gasteiger partial charge is 0.268 e. The molecule has 2 heteroatoms. The zero-order chi connectivity index (χ0) is 10.7. The summed E-state index contributed by atoms with van der Waals surface area (Å²) in [5.74, 6) is 3.53.